The molecule has 0 bridgehead atoms. The summed E-state index contributed by atoms with van der Waals surface area (Å²) in [5.41, 5.74) is 0.614. The first-order chi connectivity index (χ1) is 15.7. The molecule has 0 aliphatic carbocycles. The second-order valence-corrected chi connectivity index (χ2v) is 8.11. The lowest BCUT2D eigenvalue weighted by molar-refractivity contribution is -0.145. The minimum Gasteiger partial charge on any atom is -0.493 e. The number of hydrogen-bond acceptors (Lipinski definition) is 7. The number of methoxy groups -OCH3 is 1. The Kier molecular flexibility index (Phi) is 7.97. The molecule has 2 aromatic carbocycles. The molecule has 1 saturated heterocycles. The number of benzene rings is 2. The smallest absolute Gasteiger partial charge is 0.344 e. The Bertz CT molecular complexity index is 1150. The molecule has 1 fully saturated rings. The van der Waals surface area contributed by atoms with E-state index in [-0.39, 0.29) is 23.9 Å². The second-order valence-electron chi connectivity index (χ2n) is 6.56. The number of nitrogens with one attached hydrogen (secondary N) is 1. The average molecular weight is 584 g/mol. The number of ether oxygens (including phenoxy) is 3. The summed E-state index contributed by atoms with van der Waals surface area (Å²) in [4.78, 5) is 38.3. The Morgan fingerprint density at radius 1 is 1.24 bits per heavy atom. The minimum absolute atomic E-state index is 0.108. The summed E-state index contributed by atoms with van der Waals surface area (Å²) in [6.07, 6.45) is 1.38. The number of esters is 1. The van der Waals surface area contributed by atoms with Gasteiger partial charge in [-0.25, -0.2) is 9.18 Å². The Labute approximate surface area is 207 Å². The van der Waals surface area contributed by atoms with Gasteiger partial charge in [-0.15, -0.1) is 0 Å². The van der Waals surface area contributed by atoms with Crippen LogP contribution >= 0.6 is 34.8 Å². The van der Waals surface area contributed by atoms with Crippen molar-refractivity contribution in [1.29, 1.82) is 0 Å². The zero-order chi connectivity index (χ0) is 24.1. The van der Waals surface area contributed by atoms with Crippen LogP contribution in [0, 0.1) is 9.39 Å². The number of thiocarbonyl (C=S) groups is 1. The number of carbonyl (C=O) groups excluding carboxylic acids is 3. The highest BCUT2D eigenvalue weighted by Crippen LogP contribution is 2.35. The number of carbonyl (C=O) groups is 3. The number of nitrogens with zero attached hydrogens (tertiary/aromatic N) is 1. The van der Waals surface area contributed by atoms with Crippen LogP contribution in [0.5, 0.6) is 11.5 Å². The average Bonchev–Trinajstić information content (AvgIpc) is 2.77. The van der Waals surface area contributed by atoms with Crippen molar-refractivity contribution >= 4 is 69.5 Å². The second kappa shape index (κ2) is 10.7. The maximum Gasteiger partial charge on any atom is 0.344 e. The summed E-state index contributed by atoms with van der Waals surface area (Å²) < 4.78 is 29.6. The summed E-state index contributed by atoms with van der Waals surface area (Å²) in [7, 11) is 1.42. The van der Waals surface area contributed by atoms with Crippen LogP contribution in [0.4, 0.5) is 10.1 Å². The molecule has 3 rings (SSSR count). The van der Waals surface area contributed by atoms with E-state index in [1.165, 1.54) is 37.5 Å². The molecule has 0 atom stereocenters. The topological polar surface area (TPSA) is 94.2 Å². The van der Waals surface area contributed by atoms with Crippen LogP contribution in [0.15, 0.2) is 42.0 Å². The molecule has 1 aliphatic heterocycles. The highest BCUT2D eigenvalue weighted by atomic mass is 127. The van der Waals surface area contributed by atoms with E-state index in [1.54, 1.807) is 19.1 Å². The SMILES string of the molecule is CCOC(=O)COc1c(I)cc(/C=C2/C(=O)NC(=S)N(c3ccc(F)cc3)C2=O)cc1OC. The van der Waals surface area contributed by atoms with Crippen LogP contribution in [0.25, 0.3) is 6.08 Å². The Balaban J connectivity index is 1.93. The zero-order valence-corrected chi connectivity index (χ0v) is 20.5. The first-order valence-corrected chi connectivity index (χ1v) is 11.1. The molecule has 0 aromatic heterocycles. The molecule has 0 radical (unpaired) electrons. The molecule has 8 nitrogen and oxygen atoms in total. The van der Waals surface area contributed by atoms with Crippen LogP contribution in [-0.2, 0) is 19.1 Å². The normalized spacial score (nSPS) is 14.8. The van der Waals surface area contributed by atoms with E-state index in [2.05, 4.69) is 5.32 Å². The third-order valence-corrected chi connectivity index (χ3v) is 5.47. The van der Waals surface area contributed by atoms with Gasteiger partial charge in [0.15, 0.2) is 23.2 Å². The van der Waals surface area contributed by atoms with Crippen molar-refractivity contribution < 1.29 is 33.0 Å². The summed E-state index contributed by atoms with van der Waals surface area (Å²) in [6.45, 7) is 1.63. The minimum atomic E-state index is -0.667. The summed E-state index contributed by atoms with van der Waals surface area (Å²) in [6, 6.07) is 8.37. The monoisotopic (exact) mass is 584 g/mol. The van der Waals surface area contributed by atoms with Crippen molar-refractivity contribution in [3.63, 3.8) is 0 Å². The van der Waals surface area contributed by atoms with Crippen molar-refractivity contribution in [3.05, 3.63) is 56.9 Å². The van der Waals surface area contributed by atoms with Gasteiger partial charge in [0.05, 0.1) is 23.0 Å². The maximum atomic E-state index is 13.3. The number of anilines is 1. The van der Waals surface area contributed by atoms with E-state index < -0.39 is 23.6 Å². The van der Waals surface area contributed by atoms with E-state index in [9.17, 15) is 18.8 Å². The predicted octanol–water partition coefficient (Wildman–Crippen LogP) is 3.21. The molecule has 11 heteroatoms. The van der Waals surface area contributed by atoms with Crippen LogP contribution in [0.2, 0.25) is 0 Å². The van der Waals surface area contributed by atoms with Crippen molar-refractivity contribution in [2.45, 2.75) is 6.92 Å². The molecular formula is C22H18FIN2O6S. The molecule has 1 N–H and O–H groups in total. The first kappa shape index (κ1) is 24.6. The van der Waals surface area contributed by atoms with Gasteiger partial charge in [-0.2, -0.15) is 0 Å². The van der Waals surface area contributed by atoms with E-state index in [4.69, 9.17) is 26.4 Å². The molecule has 2 amide bonds. The summed E-state index contributed by atoms with van der Waals surface area (Å²) in [5, 5.41) is 2.36. The van der Waals surface area contributed by atoms with E-state index >= 15 is 0 Å². The van der Waals surface area contributed by atoms with Crippen molar-refractivity contribution in [2.75, 3.05) is 25.2 Å². The molecule has 33 heavy (non-hydrogen) atoms. The Morgan fingerprint density at radius 2 is 1.94 bits per heavy atom. The molecular weight excluding hydrogens is 566 g/mol. The molecule has 172 valence electrons. The maximum absolute atomic E-state index is 13.3. The lowest BCUT2D eigenvalue weighted by Crippen LogP contribution is -2.54. The van der Waals surface area contributed by atoms with Crippen LogP contribution in [0.1, 0.15) is 12.5 Å². The van der Waals surface area contributed by atoms with Gasteiger partial charge in [0.25, 0.3) is 11.8 Å². The zero-order valence-electron chi connectivity index (χ0n) is 17.5. The highest BCUT2D eigenvalue weighted by molar-refractivity contribution is 14.1. The van der Waals surface area contributed by atoms with Crippen LogP contribution in [0.3, 0.4) is 0 Å². The lowest BCUT2D eigenvalue weighted by Gasteiger charge is -2.29. The largest absolute Gasteiger partial charge is 0.493 e. The third-order valence-electron chi connectivity index (χ3n) is 4.39. The highest BCUT2D eigenvalue weighted by Gasteiger charge is 2.34. The fourth-order valence-corrected chi connectivity index (χ4v) is 4.01. The summed E-state index contributed by atoms with van der Waals surface area (Å²) >= 11 is 7.13. The van der Waals surface area contributed by atoms with Crippen molar-refractivity contribution in [3.8, 4) is 11.5 Å². The van der Waals surface area contributed by atoms with Gasteiger partial charge in [0.1, 0.15) is 11.4 Å². The molecule has 2 aromatic rings. The van der Waals surface area contributed by atoms with Gasteiger partial charge in [-0.3, -0.25) is 19.8 Å². The van der Waals surface area contributed by atoms with Crippen LogP contribution in [-0.4, -0.2) is 43.2 Å². The van der Waals surface area contributed by atoms with Gasteiger partial charge in [-0.1, -0.05) is 0 Å². The fraction of sp³-hybridized carbons (Fsp3) is 0.182. The summed E-state index contributed by atoms with van der Waals surface area (Å²) in [5.74, 6) is -1.70. The molecule has 0 spiro atoms. The van der Waals surface area contributed by atoms with E-state index in [0.717, 1.165) is 4.90 Å². The quantitative estimate of drug-likeness (QED) is 0.176. The molecule has 0 unspecified atom stereocenters. The third kappa shape index (κ3) is 5.66. The number of halogens is 2. The van der Waals surface area contributed by atoms with Crippen molar-refractivity contribution in [2.24, 2.45) is 0 Å². The Hall–Kier alpha value is -3.06. The van der Waals surface area contributed by atoms with Gasteiger partial charge in [0, 0.05) is 0 Å². The lowest BCUT2D eigenvalue weighted by atomic mass is 10.1. The Morgan fingerprint density at radius 3 is 2.58 bits per heavy atom. The van der Waals surface area contributed by atoms with Gasteiger partial charge in [0.2, 0.25) is 0 Å². The number of amides is 2. The van der Waals surface area contributed by atoms with Crippen molar-refractivity contribution in [1.82, 2.24) is 5.32 Å². The van der Waals surface area contributed by atoms with Gasteiger partial charge in [-0.05, 0) is 89.8 Å². The number of hydrogen-bond donors (Lipinski definition) is 1. The molecule has 1 heterocycles. The fourth-order valence-electron chi connectivity index (χ4n) is 2.95. The molecule has 0 saturated carbocycles. The van der Waals surface area contributed by atoms with Crippen LogP contribution < -0.4 is 19.7 Å². The first-order valence-electron chi connectivity index (χ1n) is 9.58. The van der Waals surface area contributed by atoms with E-state index in [0.29, 0.717) is 26.3 Å². The number of rotatable bonds is 7. The van der Waals surface area contributed by atoms with Gasteiger partial charge >= 0.3 is 5.97 Å². The molecule has 1 aliphatic rings. The van der Waals surface area contributed by atoms with Gasteiger partial charge < -0.3 is 14.2 Å². The predicted molar refractivity (Wildman–Crippen MR) is 130 cm³/mol. The van der Waals surface area contributed by atoms with E-state index in [1.807, 2.05) is 22.6 Å². The standard InChI is InChI=1S/C22H18FIN2O6S/c1-3-31-18(27)11-32-19-16(24)9-12(10-17(19)30-2)8-15-20(28)25-22(33)26(21(15)29)14-6-4-13(23)5-7-14/h4-10H,3,11H2,1-2H3,(H,25,28,33)/b15-8-.